The van der Waals surface area contributed by atoms with Crippen LogP contribution in [-0.2, 0) is 9.59 Å². The van der Waals surface area contributed by atoms with Gasteiger partial charge in [0, 0.05) is 25.2 Å². The maximum Gasteiger partial charge on any atom is 0.303 e. The Kier molecular flexibility index (Phi) is 12.8. The van der Waals surface area contributed by atoms with E-state index in [0.717, 1.165) is 68.9 Å². The maximum absolute atomic E-state index is 12.6. The van der Waals surface area contributed by atoms with Gasteiger partial charge in [-0.05, 0) is 37.7 Å². The molecule has 3 atom stereocenters. The maximum atomic E-state index is 12.6. The molecule has 1 aliphatic carbocycles. The zero-order valence-corrected chi connectivity index (χ0v) is 18.2. The van der Waals surface area contributed by atoms with Gasteiger partial charge < -0.3 is 15.3 Å². The van der Waals surface area contributed by atoms with E-state index in [1.807, 2.05) is 13.0 Å². The molecule has 1 rings (SSSR count). The first kappa shape index (κ1) is 25.6. The van der Waals surface area contributed by atoms with Gasteiger partial charge in [0.2, 0.25) is 0 Å². The number of aliphatic carboxylic acids is 1. The van der Waals surface area contributed by atoms with E-state index >= 15 is 0 Å². The average Bonchev–Trinajstić information content (AvgIpc) is 2.98. The number of rotatable bonds is 16. The number of hydrogen-bond donors (Lipinski definition) is 3. The van der Waals surface area contributed by atoms with Gasteiger partial charge in [-0.2, -0.15) is 0 Å². The summed E-state index contributed by atoms with van der Waals surface area (Å²) in [5.74, 6) is -0.834. The topological polar surface area (TPSA) is 94.8 Å². The number of carboxylic acids is 1. The number of Topliss-reactive ketones (excluding diaryl/α,β-unsaturated/α-hetero) is 1. The Morgan fingerprint density at radius 1 is 1.03 bits per heavy atom. The highest BCUT2D eigenvalue weighted by Gasteiger charge is 2.33. The summed E-state index contributed by atoms with van der Waals surface area (Å²) in [7, 11) is 0. The highest BCUT2D eigenvalue weighted by molar-refractivity contribution is 5.96. The van der Waals surface area contributed by atoms with E-state index in [2.05, 4.69) is 6.92 Å². The zero-order chi connectivity index (χ0) is 21.6. The molecule has 0 aromatic rings. The first-order chi connectivity index (χ1) is 13.9. The lowest BCUT2D eigenvalue weighted by atomic mass is 9.91. The van der Waals surface area contributed by atoms with E-state index in [1.54, 1.807) is 6.08 Å². The van der Waals surface area contributed by atoms with Crippen molar-refractivity contribution in [1.82, 2.24) is 0 Å². The molecule has 0 aromatic heterocycles. The lowest BCUT2D eigenvalue weighted by molar-refractivity contribution is -0.137. The van der Waals surface area contributed by atoms with E-state index < -0.39 is 18.2 Å². The summed E-state index contributed by atoms with van der Waals surface area (Å²) in [5, 5.41) is 29.5. The summed E-state index contributed by atoms with van der Waals surface area (Å²) in [5.41, 5.74) is 1.80. The van der Waals surface area contributed by atoms with Crippen molar-refractivity contribution in [3.8, 4) is 0 Å². The van der Waals surface area contributed by atoms with Crippen LogP contribution in [0.4, 0.5) is 0 Å². The molecule has 0 fully saturated rings. The molecule has 3 N–H and O–H groups in total. The van der Waals surface area contributed by atoms with E-state index in [-0.39, 0.29) is 18.1 Å². The second-order valence-corrected chi connectivity index (χ2v) is 8.23. The van der Waals surface area contributed by atoms with Gasteiger partial charge in [0.1, 0.15) is 0 Å². The molecule has 0 heterocycles. The van der Waals surface area contributed by atoms with Crippen molar-refractivity contribution in [3.05, 3.63) is 23.3 Å². The summed E-state index contributed by atoms with van der Waals surface area (Å²) in [6.45, 7) is 4.11. The third-order valence-electron chi connectivity index (χ3n) is 5.66. The van der Waals surface area contributed by atoms with Crippen molar-refractivity contribution < 1.29 is 24.9 Å². The molecule has 5 heteroatoms. The van der Waals surface area contributed by atoms with Gasteiger partial charge in [-0.1, -0.05) is 63.7 Å². The summed E-state index contributed by atoms with van der Waals surface area (Å²) >= 11 is 0. The molecular formula is C24H40O5. The van der Waals surface area contributed by atoms with Crippen molar-refractivity contribution in [3.63, 3.8) is 0 Å². The van der Waals surface area contributed by atoms with E-state index in [0.29, 0.717) is 19.3 Å². The minimum Gasteiger partial charge on any atom is -0.481 e. The number of carbonyl (C=O) groups excluding carboxylic acids is 1. The van der Waals surface area contributed by atoms with Gasteiger partial charge >= 0.3 is 5.97 Å². The van der Waals surface area contributed by atoms with Crippen LogP contribution in [0.3, 0.4) is 0 Å². The highest BCUT2D eigenvalue weighted by Crippen LogP contribution is 2.38. The number of carbonyl (C=O) groups is 2. The Balaban J connectivity index is 2.74. The van der Waals surface area contributed by atoms with Crippen LogP contribution >= 0.6 is 0 Å². The SMILES string of the molecule is CCCCC[C@H](O)C=C[C@@H]1C(CCCCCCC(=O)O)=C(C(=O)CCC)C[C@H]1O. The number of ketones is 1. The molecular weight excluding hydrogens is 368 g/mol. The Bertz CT molecular complexity index is 564. The second kappa shape index (κ2) is 14.5. The highest BCUT2D eigenvalue weighted by atomic mass is 16.4. The van der Waals surface area contributed by atoms with E-state index in [4.69, 9.17) is 5.11 Å². The number of carboxylic acid groups (broad SMARTS) is 1. The van der Waals surface area contributed by atoms with Crippen molar-refractivity contribution in [2.75, 3.05) is 0 Å². The number of aliphatic hydroxyl groups is 2. The Hall–Kier alpha value is -1.46. The van der Waals surface area contributed by atoms with Crippen molar-refractivity contribution >= 4 is 11.8 Å². The number of unbranched alkanes of at least 4 members (excludes halogenated alkanes) is 5. The molecule has 166 valence electrons. The Labute approximate surface area is 175 Å². The van der Waals surface area contributed by atoms with Gasteiger partial charge in [-0.3, -0.25) is 9.59 Å². The molecule has 0 bridgehead atoms. The fourth-order valence-corrected chi connectivity index (χ4v) is 4.03. The molecule has 0 spiro atoms. The van der Waals surface area contributed by atoms with Crippen molar-refractivity contribution in [1.29, 1.82) is 0 Å². The fraction of sp³-hybridized carbons (Fsp3) is 0.750. The smallest absolute Gasteiger partial charge is 0.303 e. The molecule has 0 unspecified atom stereocenters. The van der Waals surface area contributed by atoms with Crippen LogP contribution in [-0.4, -0.2) is 39.3 Å². The Morgan fingerprint density at radius 3 is 2.41 bits per heavy atom. The third kappa shape index (κ3) is 9.72. The molecule has 0 aromatic carbocycles. The predicted octanol–water partition coefficient (Wildman–Crippen LogP) is 4.96. The van der Waals surface area contributed by atoms with Crippen LogP contribution < -0.4 is 0 Å². The van der Waals surface area contributed by atoms with Gasteiger partial charge in [-0.15, -0.1) is 0 Å². The average molecular weight is 409 g/mol. The molecule has 0 amide bonds. The zero-order valence-electron chi connectivity index (χ0n) is 18.2. The minimum absolute atomic E-state index is 0.131. The largest absolute Gasteiger partial charge is 0.481 e. The van der Waals surface area contributed by atoms with Crippen LogP contribution in [0.5, 0.6) is 0 Å². The van der Waals surface area contributed by atoms with Crippen LogP contribution in [0.1, 0.15) is 97.3 Å². The normalized spacial score (nSPS) is 20.6. The van der Waals surface area contributed by atoms with Crippen molar-refractivity contribution in [2.45, 2.75) is 110 Å². The standard InChI is InChI=1S/C24H40O5/c1-3-5-8-12-18(25)15-16-20-19(13-9-6-7-10-14-24(28)29)21(17-23(20)27)22(26)11-4-2/h15-16,18,20,23,25,27H,3-14,17H2,1-2H3,(H,28,29)/t18-,20+,23+/m0/s1. The summed E-state index contributed by atoms with van der Waals surface area (Å²) < 4.78 is 0. The van der Waals surface area contributed by atoms with Crippen LogP contribution in [0.15, 0.2) is 23.3 Å². The van der Waals surface area contributed by atoms with E-state index in [9.17, 15) is 19.8 Å². The van der Waals surface area contributed by atoms with E-state index in [1.165, 1.54) is 0 Å². The predicted molar refractivity (Wildman–Crippen MR) is 116 cm³/mol. The molecule has 0 saturated carbocycles. The van der Waals surface area contributed by atoms with Gasteiger partial charge in [0.25, 0.3) is 0 Å². The lowest BCUT2D eigenvalue weighted by Crippen LogP contribution is -2.15. The van der Waals surface area contributed by atoms with Crippen LogP contribution in [0.2, 0.25) is 0 Å². The molecule has 0 aliphatic heterocycles. The lowest BCUT2D eigenvalue weighted by Gasteiger charge is -2.16. The van der Waals surface area contributed by atoms with Crippen LogP contribution in [0.25, 0.3) is 0 Å². The molecule has 29 heavy (non-hydrogen) atoms. The summed E-state index contributed by atoms with van der Waals surface area (Å²) in [4.78, 5) is 23.2. The van der Waals surface area contributed by atoms with Crippen molar-refractivity contribution in [2.24, 2.45) is 5.92 Å². The molecule has 1 aliphatic rings. The second-order valence-electron chi connectivity index (χ2n) is 8.23. The first-order valence-electron chi connectivity index (χ1n) is 11.4. The summed E-state index contributed by atoms with van der Waals surface area (Å²) in [6, 6.07) is 0. The molecule has 0 radical (unpaired) electrons. The third-order valence-corrected chi connectivity index (χ3v) is 5.66. The number of hydrogen-bond acceptors (Lipinski definition) is 4. The van der Waals surface area contributed by atoms with Crippen LogP contribution in [0, 0.1) is 5.92 Å². The van der Waals surface area contributed by atoms with Gasteiger partial charge in [0.15, 0.2) is 5.78 Å². The minimum atomic E-state index is -0.762. The van der Waals surface area contributed by atoms with Gasteiger partial charge in [-0.25, -0.2) is 0 Å². The quantitative estimate of drug-likeness (QED) is 0.248. The summed E-state index contributed by atoms with van der Waals surface area (Å²) in [6.07, 6.45) is 12.4. The monoisotopic (exact) mass is 408 g/mol. The Morgan fingerprint density at radius 2 is 1.76 bits per heavy atom. The first-order valence-corrected chi connectivity index (χ1v) is 11.4. The number of aliphatic hydroxyl groups excluding tert-OH is 2. The molecule has 0 saturated heterocycles. The molecule has 5 nitrogen and oxygen atoms in total. The fourth-order valence-electron chi connectivity index (χ4n) is 4.03. The van der Waals surface area contributed by atoms with Gasteiger partial charge in [0.05, 0.1) is 12.2 Å².